The Kier molecular flexibility index (Phi) is 7.26. The Hall–Kier alpha value is -2.83. The van der Waals surface area contributed by atoms with Crippen LogP contribution in [0.1, 0.15) is 47.7 Å². The van der Waals surface area contributed by atoms with E-state index in [2.05, 4.69) is 17.2 Å². The van der Waals surface area contributed by atoms with Crippen LogP contribution in [0.3, 0.4) is 0 Å². The van der Waals surface area contributed by atoms with E-state index in [4.69, 9.17) is 0 Å². The molecule has 1 aliphatic rings. The molecule has 2 aromatic carbocycles. The Morgan fingerprint density at radius 1 is 1.16 bits per heavy atom. The summed E-state index contributed by atoms with van der Waals surface area (Å²) in [5.41, 5.74) is -0.455. The highest BCUT2D eigenvalue weighted by Gasteiger charge is 2.31. The van der Waals surface area contributed by atoms with Crippen molar-refractivity contribution in [3.05, 3.63) is 65.2 Å². The van der Waals surface area contributed by atoms with Crippen LogP contribution >= 0.6 is 0 Å². The van der Waals surface area contributed by atoms with Crippen molar-refractivity contribution in [3.8, 4) is 11.8 Å². The zero-order valence-corrected chi connectivity index (χ0v) is 18.3. The topological polar surface area (TPSA) is 66.5 Å². The molecule has 1 N–H and O–H groups in total. The van der Waals surface area contributed by atoms with Gasteiger partial charge in [0.1, 0.15) is 0 Å². The van der Waals surface area contributed by atoms with Crippen molar-refractivity contribution in [1.82, 2.24) is 9.62 Å². The van der Waals surface area contributed by atoms with Crippen molar-refractivity contribution in [2.45, 2.75) is 43.3 Å². The fourth-order valence-corrected chi connectivity index (χ4v) is 5.25. The first-order chi connectivity index (χ1) is 15.1. The van der Waals surface area contributed by atoms with Gasteiger partial charge in [0.05, 0.1) is 17.0 Å². The zero-order chi connectivity index (χ0) is 23.4. The highest BCUT2D eigenvalue weighted by molar-refractivity contribution is 7.89. The predicted molar refractivity (Wildman–Crippen MR) is 114 cm³/mol. The van der Waals surface area contributed by atoms with Crippen molar-refractivity contribution < 1.29 is 26.4 Å². The minimum absolute atomic E-state index is 0.0500. The molecule has 9 heteroatoms. The second-order valence-corrected chi connectivity index (χ2v) is 9.44. The predicted octanol–water partition coefficient (Wildman–Crippen LogP) is 4.05. The van der Waals surface area contributed by atoms with Crippen LogP contribution in [0.4, 0.5) is 13.2 Å². The van der Waals surface area contributed by atoms with Gasteiger partial charge in [0.2, 0.25) is 10.0 Å². The molecule has 1 heterocycles. The Morgan fingerprint density at radius 2 is 1.91 bits per heavy atom. The Morgan fingerprint density at radius 3 is 2.62 bits per heavy atom. The van der Waals surface area contributed by atoms with E-state index in [1.807, 2.05) is 6.92 Å². The molecule has 0 bridgehead atoms. The van der Waals surface area contributed by atoms with E-state index < -0.39 is 27.7 Å². The minimum Gasteiger partial charge on any atom is -0.341 e. The average Bonchev–Trinajstić information content (AvgIpc) is 2.76. The molecule has 1 aliphatic heterocycles. The highest BCUT2D eigenvalue weighted by atomic mass is 32.2. The van der Waals surface area contributed by atoms with Gasteiger partial charge >= 0.3 is 6.18 Å². The molecule has 1 saturated heterocycles. The first kappa shape index (κ1) is 23.8. The first-order valence-electron chi connectivity index (χ1n) is 10.2. The van der Waals surface area contributed by atoms with Crippen LogP contribution in [0, 0.1) is 11.8 Å². The number of piperidine rings is 1. The molecule has 1 amide bonds. The number of carbonyl (C=O) groups excluding carboxylic acids is 1. The molecule has 1 atom stereocenters. The van der Waals surface area contributed by atoms with Gasteiger partial charge < -0.3 is 5.32 Å². The molecule has 2 aromatic rings. The van der Waals surface area contributed by atoms with Crippen molar-refractivity contribution in [2.75, 3.05) is 13.1 Å². The van der Waals surface area contributed by atoms with Gasteiger partial charge in [0, 0.05) is 23.7 Å². The number of sulfonamides is 1. The quantitative estimate of drug-likeness (QED) is 0.695. The zero-order valence-electron chi connectivity index (χ0n) is 17.4. The van der Waals surface area contributed by atoms with Gasteiger partial charge in [0.15, 0.2) is 0 Å². The fourth-order valence-electron chi connectivity index (χ4n) is 3.51. The summed E-state index contributed by atoms with van der Waals surface area (Å²) in [5, 5.41) is 2.54. The highest BCUT2D eigenvalue weighted by Crippen LogP contribution is 2.29. The fraction of sp³-hybridized carbons (Fsp3) is 0.348. The van der Waals surface area contributed by atoms with Crippen molar-refractivity contribution in [3.63, 3.8) is 0 Å². The van der Waals surface area contributed by atoms with Gasteiger partial charge in [-0.3, -0.25) is 4.79 Å². The molecule has 170 valence electrons. The molecule has 0 radical (unpaired) electrons. The summed E-state index contributed by atoms with van der Waals surface area (Å²) >= 11 is 0. The lowest BCUT2D eigenvalue weighted by atomic mass is 10.1. The lowest BCUT2D eigenvalue weighted by Crippen LogP contribution is -2.42. The number of hydrogen-bond donors (Lipinski definition) is 1. The molecule has 1 fully saturated rings. The summed E-state index contributed by atoms with van der Waals surface area (Å²) in [5.74, 6) is 4.67. The van der Waals surface area contributed by atoms with Gasteiger partial charge in [-0.2, -0.15) is 17.5 Å². The number of alkyl halides is 3. The average molecular weight is 465 g/mol. The second kappa shape index (κ2) is 9.76. The van der Waals surface area contributed by atoms with E-state index in [-0.39, 0.29) is 28.6 Å². The molecular formula is C23H23F3N2O3S. The summed E-state index contributed by atoms with van der Waals surface area (Å²) in [6.45, 7) is 2.22. The number of carbonyl (C=O) groups is 1. The van der Waals surface area contributed by atoms with E-state index in [1.54, 1.807) is 0 Å². The maximum Gasteiger partial charge on any atom is 0.416 e. The van der Waals surface area contributed by atoms with Gasteiger partial charge in [-0.1, -0.05) is 30.4 Å². The van der Waals surface area contributed by atoms with Crippen LogP contribution in [0.15, 0.2) is 53.4 Å². The first-order valence-corrected chi connectivity index (χ1v) is 11.6. The summed E-state index contributed by atoms with van der Waals surface area (Å²) in [6, 6.07) is 10.3. The van der Waals surface area contributed by atoms with E-state index in [0.717, 1.165) is 31.4 Å². The molecular weight excluding hydrogens is 441 g/mol. The van der Waals surface area contributed by atoms with Gasteiger partial charge in [-0.25, -0.2) is 8.42 Å². The van der Waals surface area contributed by atoms with Crippen LogP contribution < -0.4 is 5.32 Å². The minimum atomic E-state index is -4.46. The van der Waals surface area contributed by atoms with Crippen molar-refractivity contribution in [1.29, 1.82) is 0 Å². The lowest BCUT2D eigenvalue weighted by Gasteiger charge is -2.32. The van der Waals surface area contributed by atoms with Crippen molar-refractivity contribution in [2.24, 2.45) is 0 Å². The van der Waals surface area contributed by atoms with Gasteiger partial charge in [-0.05, 0) is 56.2 Å². The molecule has 0 saturated carbocycles. The van der Waals surface area contributed by atoms with Crippen LogP contribution in [0.5, 0.6) is 0 Å². The van der Waals surface area contributed by atoms with Gasteiger partial charge in [0.25, 0.3) is 5.91 Å². The Balaban J connectivity index is 1.67. The van der Waals surface area contributed by atoms with Gasteiger partial charge in [-0.15, -0.1) is 0 Å². The van der Waals surface area contributed by atoms with Crippen LogP contribution in [-0.4, -0.2) is 37.8 Å². The monoisotopic (exact) mass is 464 g/mol. The molecule has 32 heavy (non-hydrogen) atoms. The third-order valence-corrected chi connectivity index (χ3v) is 7.21. The summed E-state index contributed by atoms with van der Waals surface area (Å²) in [6.07, 6.45) is -1.88. The normalized spacial score (nSPS) is 17.3. The van der Waals surface area contributed by atoms with Crippen LogP contribution in [-0.2, 0) is 16.2 Å². The Bertz CT molecular complexity index is 1150. The summed E-state index contributed by atoms with van der Waals surface area (Å²) in [4.78, 5) is 12.5. The van der Waals surface area contributed by atoms with Crippen molar-refractivity contribution >= 4 is 15.9 Å². The molecule has 0 spiro atoms. The molecule has 0 aliphatic carbocycles. The second-order valence-electron chi connectivity index (χ2n) is 7.55. The van der Waals surface area contributed by atoms with E-state index in [9.17, 15) is 26.4 Å². The molecule has 0 aromatic heterocycles. The Labute approximate surface area is 185 Å². The lowest BCUT2D eigenvalue weighted by molar-refractivity contribution is -0.137. The smallest absolute Gasteiger partial charge is 0.341 e. The maximum atomic E-state index is 13.0. The van der Waals surface area contributed by atoms with E-state index >= 15 is 0 Å². The molecule has 3 rings (SSSR count). The standard InChI is InChI=1S/C23H23F3N2O3S/c1-17-7-2-3-14-28(17)32(30,31)21-12-5-10-19(16-21)22(29)27-13-6-9-18-8-4-11-20(15-18)23(24,25)26/h4-5,8,10-12,15-17H,2-3,7,13-14H2,1H3,(H,27,29). The van der Waals surface area contributed by atoms with E-state index in [1.165, 1.54) is 40.7 Å². The number of amides is 1. The maximum absolute atomic E-state index is 13.0. The number of halogens is 3. The van der Waals surface area contributed by atoms with Crippen LogP contribution in [0.2, 0.25) is 0 Å². The number of hydrogen-bond acceptors (Lipinski definition) is 3. The number of nitrogens with zero attached hydrogens (tertiary/aromatic N) is 1. The van der Waals surface area contributed by atoms with Crippen LogP contribution in [0.25, 0.3) is 0 Å². The number of benzene rings is 2. The summed E-state index contributed by atoms with van der Waals surface area (Å²) < 4.78 is 65.7. The number of nitrogens with one attached hydrogen (secondary N) is 1. The largest absolute Gasteiger partial charge is 0.416 e. The molecule has 1 unspecified atom stereocenters. The molecule has 5 nitrogen and oxygen atoms in total. The third kappa shape index (κ3) is 5.69. The number of rotatable bonds is 4. The summed E-state index contributed by atoms with van der Waals surface area (Å²) in [7, 11) is -3.71. The third-order valence-electron chi connectivity index (χ3n) is 5.20. The SMILES string of the molecule is CC1CCCCN1S(=O)(=O)c1cccc(C(=O)NCC#Cc2cccc(C(F)(F)F)c2)c1. The van der Waals surface area contributed by atoms with E-state index in [0.29, 0.717) is 6.54 Å².